The Morgan fingerprint density at radius 3 is 2.72 bits per heavy atom. The molecule has 0 aromatic rings. The van der Waals surface area contributed by atoms with Crippen molar-refractivity contribution < 1.29 is 15.0 Å². The van der Waals surface area contributed by atoms with Crippen LogP contribution in [0.1, 0.15) is 46.0 Å². The van der Waals surface area contributed by atoms with Gasteiger partial charge in [0.05, 0.1) is 16.6 Å². The predicted octanol–water partition coefficient (Wildman–Crippen LogP) is 1.51. The minimum Gasteiger partial charge on any atom is -0.389 e. The molecule has 100 valence electrons. The molecule has 0 aliphatic heterocycles. The number of hydrogen-bond donors (Lipinski definition) is 2. The largest absolute Gasteiger partial charge is 0.389 e. The molecule has 0 unspecified atom stereocenters. The molecule has 2 N–H and O–H groups in total. The van der Waals surface area contributed by atoms with Crippen molar-refractivity contribution in [3.63, 3.8) is 0 Å². The van der Waals surface area contributed by atoms with E-state index in [2.05, 4.69) is 6.92 Å². The first kappa shape index (κ1) is 11.4. The van der Waals surface area contributed by atoms with Gasteiger partial charge in [-0.2, -0.15) is 0 Å². The Balaban J connectivity index is 1.98. The summed E-state index contributed by atoms with van der Waals surface area (Å²) >= 11 is 0. The molecule has 4 rings (SSSR count). The highest BCUT2D eigenvalue weighted by molar-refractivity contribution is 5.94. The van der Waals surface area contributed by atoms with Gasteiger partial charge in [0.15, 0.2) is 0 Å². The summed E-state index contributed by atoms with van der Waals surface area (Å²) in [6.45, 7) is 3.90. The zero-order valence-electron chi connectivity index (χ0n) is 11.1. The van der Waals surface area contributed by atoms with E-state index in [-0.39, 0.29) is 29.5 Å². The van der Waals surface area contributed by atoms with E-state index in [1.54, 1.807) is 0 Å². The lowest BCUT2D eigenvalue weighted by molar-refractivity contribution is -0.195. The summed E-state index contributed by atoms with van der Waals surface area (Å²) in [5.41, 5.74) is -2.31. The molecule has 0 radical (unpaired) electrons. The Morgan fingerprint density at radius 2 is 2.00 bits per heavy atom. The molecule has 2 bridgehead atoms. The number of carbonyl (C=O) groups excluding carboxylic acids is 1. The standard InChI is InChI=1S/C15H22O3/c1-8-6-14(18)7-9-4-3-5-15(9)12(16)10(8)11(14)13(15,2)17/h8-11,17-18H,3-7H2,1-2H3/t8-,9-,10-,11+,13+,14+,15-/m0/s1. The summed E-state index contributed by atoms with van der Waals surface area (Å²) in [6.07, 6.45) is 4.28. The van der Waals surface area contributed by atoms with E-state index in [9.17, 15) is 15.0 Å². The average molecular weight is 250 g/mol. The monoisotopic (exact) mass is 250 g/mol. The lowest BCUT2D eigenvalue weighted by Gasteiger charge is -2.52. The Bertz CT molecular complexity index is 443. The van der Waals surface area contributed by atoms with Crippen LogP contribution in [-0.2, 0) is 4.79 Å². The molecular weight excluding hydrogens is 228 g/mol. The van der Waals surface area contributed by atoms with Crippen molar-refractivity contribution in [2.75, 3.05) is 0 Å². The number of rotatable bonds is 0. The Labute approximate surface area is 108 Å². The van der Waals surface area contributed by atoms with Crippen molar-refractivity contribution in [1.29, 1.82) is 0 Å². The van der Waals surface area contributed by atoms with Gasteiger partial charge in [-0.05, 0) is 44.4 Å². The van der Waals surface area contributed by atoms with Gasteiger partial charge >= 0.3 is 0 Å². The lowest BCUT2D eigenvalue weighted by Crippen LogP contribution is -2.61. The fourth-order valence-electron chi connectivity index (χ4n) is 6.56. The van der Waals surface area contributed by atoms with Gasteiger partial charge in [-0.15, -0.1) is 0 Å². The third-order valence-electron chi connectivity index (χ3n) is 6.90. The Kier molecular flexibility index (Phi) is 1.81. The summed E-state index contributed by atoms with van der Waals surface area (Å²) < 4.78 is 0. The molecule has 0 aromatic carbocycles. The number of carbonyl (C=O) groups is 1. The molecule has 18 heavy (non-hydrogen) atoms. The van der Waals surface area contributed by atoms with Gasteiger partial charge in [0.25, 0.3) is 0 Å². The number of Topliss-reactive ketones (excluding diaryl/α,β-unsaturated/α-hetero) is 1. The first-order valence-electron chi connectivity index (χ1n) is 7.34. The van der Waals surface area contributed by atoms with Gasteiger partial charge in [-0.1, -0.05) is 13.3 Å². The van der Waals surface area contributed by atoms with Crippen LogP contribution in [0.4, 0.5) is 0 Å². The Hall–Kier alpha value is -0.410. The molecule has 4 fully saturated rings. The first-order chi connectivity index (χ1) is 8.34. The topological polar surface area (TPSA) is 57.5 Å². The number of ketones is 1. The summed E-state index contributed by atoms with van der Waals surface area (Å²) in [4.78, 5) is 12.9. The van der Waals surface area contributed by atoms with Crippen LogP contribution >= 0.6 is 0 Å². The Morgan fingerprint density at radius 1 is 1.28 bits per heavy atom. The van der Waals surface area contributed by atoms with Crippen LogP contribution in [0.2, 0.25) is 0 Å². The third kappa shape index (κ3) is 0.875. The molecule has 3 heteroatoms. The van der Waals surface area contributed by atoms with Crippen LogP contribution in [0.5, 0.6) is 0 Å². The van der Waals surface area contributed by atoms with E-state index in [0.29, 0.717) is 6.42 Å². The molecule has 0 aromatic heterocycles. The second kappa shape index (κ2) is 2.85. The second-order valence-electron chi connectivity index (χ2n) is 7.56. The summed E-state index contributed by atoms with van der Waals surface area (Å²) in [5, 5.41) is 22.1. The molecular formula is C15H22O3. The van der Waals surface area contributed by atoms with Gasteiger partial charge in [0.1, 0.15) is 5.78 Å². The summed E-state index contributed by atoms with van der Waals surface area (Å²) in [5.74, 6) is 0.384. The maximum Gasteiger partial charge on any atom is 0.146 e. The zero-order chi connectivity index (χ0) is 12.9. The number of aliphatic hydroxyl groups is 2. The SMILES string of the molecule is C[C@H]1C[C@@]2(O)C[C@@H]3CCC[C@@]34C(=O)[C@@H]1[C@@H]2[C@@]4(C)O. The molecule has 0 heterocycles. The fraction of sp³-hybridized carbons (Fsp3) is 0.933. The quantitative estimate of drug-likeness (QED) is 0.685. The highest BCUT2D eigenvalue weighted by Crippen LogP contribution is 2.73. The normalized spacial score (nSPS) is 65.4. The highest BCUT2D eigenvalue weighted by Gasteiger charge is 2.80. The molecule has 4 aliphatic carbocycles. The highest BCUT2D eigenvalue weighted by atomic mass is 16.3. The van der Waals surface area contributed by atoms with Gasteiger partial charge in [-0.25, -0.2) is 0 Å². The molecule has 0 saturated heterocycles. The van der Waals surface area contributed by atoms with Gasteiger partial charge in [-0.3, -0.25) is 4.79 Å². The molecule has 4 saturated carbocycles. The second-order valence-corrected chi connectivity index (χ2v) is 7.56. The first-order valence-corrected chi connectivity index (χ1v) is 7.34. The predicted molar refractivity (Wildman–Crippen MR) is 65.7 cm³/mol. The van der Waals surface area contributed by atoms with Crippen LogP contribution in [0, 0.1) is 29.1 Å². The third-order valence-corrected chi connectivity index (χ3v) is 6.90. The van der Waals surface area contributed by atoms with Gasteiger partial charge in [0, 0.05) is 11.8 Å². The number of hydrogen-bond acceptors (Lipinski definition) is 3. The van der Waals surface area contributed by atoms with Crippen molar-refractivity contribution in [2.45, 2.75) is 57.2 Å². The van der Waals surface area contributed by atoms with E-state index in [4.69, 9.17) is 0 Å². The van der Waals surface area contributed by atoms with Gasteiger partial charge in [0.2, 0.25) is 0 Å². The van der Waals surface area contributed by atoms with Crippen molar-refractivity contribution in [2.24, 2.45) is 29.1 Å². The van der Waals surface area contributed by atoms with Crippen molar-refractivity contribution >= 4 is 5.78 Å². The van der Waals surface area contributed by atoms with E-state index in [0.717, 1.165) is 25.7 Å². The van der Waals surface area contributed by atoms with Crippen LogP contribution in [0.15, 0.2) is 0 Å². The smallest absolute Gasteiger partial charge is 0.146 e. The van der Waals surface area contributed by atoms with Crippen molar-refractivity contribution in [3.8, 4) is 0 Å². The zero-order valence-corrected chi connectivity index (χ0v) is 11.1. The minimum atomic E-state index is -0.992. The summed E-state index contributed by atoms with van der Waals surface area (Å²) in [7, 11) is 0. The fourth-order valence-corrected chi connectivity index (χ4v) is 6.56. The summed E-state index contributed by atoms with van der Waals surface area (Å²) in [6, 6.07) is 0. The van der Waals surface area contributed by atoms with Crippen molar-refractivity contribution in [1.82, 2.24) is 0 Å². The van der Waals surface area contributed by atoms with Crippen molar-refractivity contribution in [3.05, 3.63) is 0 Å². The minimum absolute atomic E-state index is 0.104. The molecule has 3 nitrogen and oxygen atoms in total. The van der Waals surface area contributed by atoms with E-state index >= 15 is 0 Å². The van der Waals surface area contributed by atoms with Crippen LogP contribution in [-0.4, -0.2) is 27.2 Å². The molecule has 0 amide bonds. The molecule has 7 atom stereocenters. The van der Waals surface area contributed by atoms with E-state index in [1.807, 2.05) is 6.92 Å². The van der Waals surface area contributed by atoms with Gasteiger partial charge < -0.3 is 10.2 Å². The molecule has 1 spiro atoms. The lowest BCUT2D eigenvalue weighted by atomic mass is 9.55. The maximum absolute atomic E-state index is 12.9. The van der Waals surface area contributed by atoms with Crippen LogP contribution < -0.4 is 0 Å². The van der Waals surface area contributed by atoms with E-state index < -0.39 is 16.6 Å². The molecule has 4 aliphatic rings. The maximum atomic E-state index is 12.9. The van der Waals surface area contributed by atoms with E-state index in [1.165, 1.54) is 0 Å². The van der Waals surface area contributed by atoms with Crippen LogP contribution in [0.25, 0.3) is 0 Å². The average Bonchev–Trinajstić information content (AvgIpc) is 2.80. The van der Waals surface area contributed by atoms with Crippen LogP contribution in [0.3, 0.4) is 0 Å².